The van der Waals surface area contributed by atoms with Gasteiger partial charge < -0.3 is 4.90 Å². The number of anilines is 1. The van der Waals surface area contributed by atoms with Crippen LogP contribution >= 0.6 is 11.3 Å². The Labute approximate surface area is 208 Å². The minimum Gasteiger partial charge on any atom is -0.372 e. The fraction of sp³-hybridized carbons (Fsp3) is 0.448. The van der Waals surface area contributed by atoms with Crippen molar-refractivity contribution in [1.82, 2.24) is 9.97 Å². The van der Waals surface area contributed by atoms with Gasteiger partial charge in [-0.3, -0.25) is 4.98 Å². The smallest absolute Gasteiger partial charge is 0.150 e. The van der Waals surface area contributed by atoms with Gasteiger partial charge in [-0.15, -0.1) is 11.3 Å². The molecule has 3 rings (SSSR count). The largest absolute Gasteiger partial charge is 0.372 e. The summed E-state index contributed by atoms with van der Waals surface area (Å²) in [5.74, 6) is -0.101. The Morgan fingerprint density at radius 2 is 1.68 bits per heavy atom. The van der Waals surface area contributed by atoms with Crippen molar-refractivity contribution in [3.8, 4) is 10.6 Å². The van der Waals surface area contributed by atoms with Gasteiger partial charge in [0.2, 0.25) is 0 Å². The lowest BCUT2D eigenvalue weighted by Crippen LogP contribution is -2.24. The number of hydrogen-bond acceptors (Lipinski definition) is 4. The maximum atomic E-state index is 15.8. The first-order chi connectivity index (χ1) is 16.4. The Balaban J connectivity index is 1.86. The summed E-state index contributed by atoms with van der Waals surface area (Å²) in [5.41, 5.74) is 7.24. The van der Waals surface area contributed by atoms with Gasteiger partial charge in [-0.1, -0.05) is 27.7 Å². The number of allylic oxidation sites excluding steroid dienone is 1. The minimum atomic E-state index is -0.101. The van der Waals surface area contributed by atoms with E-state index in [9.17, 15) is 0 Å². The predicted octanol–water partition coefficient (Wildman–Crippen LogP) is 7.51. The molecule has 0 bridgehead atoms. The number of benzene rings is 1. The lowest BCUT2D eigenvalue weighted by atomic mass is 9.85. The summed E-state index contributed by atoms with van der Waals surface area (Å²) in [7, 11) is 1.98. The third-order valence-electron chi connectivity index (χ3n) is 6.55. The number of aryl methyl sites for hydroxylation is 2. The summed E-state index contributed by atoms with van der Waals surface area (Å²) in [5, 5.41) is 1.02. The number of aromatic nitrogens is 2. The Kier molecular flexibility index (Phi) is 9.01. The molecule has 3 nitrogen and oxygen atoms in total. The molecule has 0 atom stereocenters. The van der Waals surface area contributed by atoms with Crippen LogP contribution in [0.25, 0.3) is 16.1 Å². The number of thiazole rings is 1. The van der Waals surface area contributed by atoms with E-state index in [1.165, 1.54) is 4.88 Å². The van der Waals surface area contributed by atoms with Crippen LogP contribution in [0.1, 0.15) is 73.4 Å². The first-order valence-corrected chi connectivity index (χ1v) is 13.2. The Hall–Kier alpha value is -2.53. The highest BCUT2D eigenvalue weighted by atomic mass is 32.1. The van der Waals surface area contributed by atoms with Gasteiger partial charge in [0.05, 0.1) is 11.4 Å². The fourth-order valence-electron chi connectivity index (χ4n) is 4.77. The van der Waals surface area contributed by atoms with Gasteiger partial charge in [0.15, 0.2) is 0 Å². The zero-order valence-corrected chi connectivity index (χ0v) is 22.2. The molecule has 0 aliphatic carbocycles. The molecule has 1 aromatic carbocycles. The molecule has 0 fully saturated rings. The van der Waals surface area contributed by atoms with Crippen LogP contribution in [0.5, 0.6) is 0 Å². The maximum absolute atomic E-state index is 15.8. The minimum absolute atomic E-state index is 0.101. The van der Waals surface area contributed by atoms with Gasteiger partial charge in [0, 0.05) is 36.4 Å². The lowest BCUT2D eigenvalue weighted by molar-refractivity contribution is 0.599. The van der Waals surface area contributed by atoms with E-state index in [4.69, 9.17) is 11.6 Å². The zero-order chi connectivity index (χ0) is 24.8. The summed E-state index contributed by atoms with van der Waals surface area (Å²) in [6, 6.07) is 3.98. The predicted molar refractivity (Wildman–Crippen MR) is 143 cm³/mol. The van der Waals surface area contributed by atoms with Crippen molar-refractivity contribution in [2.75, 3.05) is 18.5 Å². The van der Waals surface area contributed by atoms with Gasteiger partial charge in [-0.05, 0) is 92.0 Å². The molecule has 0 unspecified atom stereocenters. The fourth-order valence-corrected chi connectivity index (χ4v) is 5.74. The van der Waals surface area contributed by atoms with E-state index in [2.05, 4.69) is 30.7 Å². The molecule has 2 aromatic heterocycles. The monoisotopic (exact) mass is 477 g/mol. The number of hydrogen-bond donors (Lipinski definition) is 0. The second-order valence-corrected chi connectivity index (χ2v) is 9.85. The highest BCUT2D eigenvalue weighted by Gasteiger charge is 2.24. The van der Waals surface area contributed by atoms with Crippen molar-refractivity contribution in [2.45, 2.75) is 73.1 Å². The van der Waals surface area contributed by atoms with Crippen LogP contribution in [0, 0.1) is 19.3 Å². The van der Waals surface area contributed by atoms with Crippen molar-refractivity contribution >= 4 is 22.6 Å². The van der Waals surface area contributed by atoms with Crippen LogP contribution in [0.15, 0.2) is 24.5 Å². The standard InChI is InChI=1S/C29H36FN3S/c1-8-19(5)26-22(9-2)23(10-3)27(30)28(24(26)11-4)33(7)18-12-13-25-20(6)34-29(32-25)21-14-16-31-17-15-21/h14-17H,8-13,18H2,1-4,6-7H3. The quantitative estimate of drug-likeness (QED) is 0.286. The van der Waals surface area contributed by atoms with Crippen LogP contribution in [-0.4, -0.2) is 23.6 Å². The van der Waals surface area contributed by atoms with Crippen LogP contribution in [0.3, 0.4) is 0 Å². The van der Waals surface area contributed by atoms with E-state index < -0.39 is 0 Å². The number of nitrogens with zero attached hydrogens (tertiary/aromatic N) is 3. The van der Waals surface area contributed by atoms with Gasteiger partial charge in [0.1, 0.15) is 10.8 Å². The number of rotatable bonds is 11. The third kappa shape index (κ3) is 5.25. The molecule has 180 valence electrons. The first-order valence-electron chi connectivity index (χ1n) is 12.4. The van der Waals surface area contributed by atoms with E-state index in [1.807, 2.05) is 33.0 Å². The van der Waals surface area contributed by atoms with Gasteiger partial charge in [0.25, 0.3) is 0 Å². The van der Waals surface area contributed by atoms with Crippen LogP contribution in [-0.2, 0) is 25.7 Å². The second kappa shape index (κ2) is 11.7. The molecule has 0 saturated carbocycles. The SMILES string of the molecule is [C]=C(CC)c1c(CC)c(CC)c(F)c(N(C)CCCc2nc(-c3ccncc3)sc2C)c1CC. The summed E-state index contributed by atoms with van der Waals surface area (Å²) in [6.07, 6.45) is 8.08. The van der Waals surface area contributed by atoms with Gasteiger partial charge in [-0.25, -0.2) is 9.37 Å². The van der Waals surface area contributed by atoms with Gasteiger partial charge in [-0.2, -0.15) is 0 Å². The molecule has 2 radical (unpaired) electrons. The summed E-state index contributed by atoms with van der Waals surface area (Å²) < 4.78 is 15.8. The maximum Gasteiger partial charge on any atom is 0.150 e. The van der Waals surface area contributed by atoms with E-state index in [-0.39, 0.29) is 5.82 Å². The van der Waals surface area contributed by atoms with Gasteiger partial charge >= 0.3 is 0 Å². The third-order valence-corrected chi connectivity index (χ3v) is 7.61. The molecule has 0 spiro atoms. The van der Waals surface area contributed by atoms with Crippen molar-refractivity contribution < 1.29 is 4.39 Å². The van der Waals surface area contributed by atoms with Crippen LogP contribution in [0.4, 0.5) is 10.1 Å². The molecule has 2 heterocycles. The topological polar surface area (TPSA) is 29.0 Å². The van der Waals surface area contributed by atoms with Crippen molar-refractivity contribution in [2.24, 2.45) is 0 Å². The lowest BCUT2D eigenvalue weighted by Gasteiger charge is -2.29. The molecule has 34 heavy (non-hydrogen) atoms. The average molecular weight is 478 g/mol. The molecule has 0 saturated heterocycles. The summed E-state index contributed by atoms with van der Waals surface area (Å²) in [6.45, 7) is 19.7. The Morgan fingerprint density at radius 1 is 1.03 bits per heavy atom. The summed E-state index contributed by atoms with van der Waals surface area (Å²) >= 11 is 1.71. The first kappa shape index (κ1) is 26.1. The molecular weight excluding hydrogens is 441 g/mol. The van der Waals surface area contributed by atoms with E-state index in [0.717, 1.165) is 64.3 Å². The van der Waals surface area contributed by atoms with Crippen LogP contribution < -0.4 is 4.90 Å². The second-order valence-electron chi connectivity index (χ2n) is 8.65. The molecule has 0 N–H and O–H groups in total. The van der Waals surface area contributed by atoms with Crippen molar-refractivity contribution in [1.29, 1.82) is 0 Å². The van der Waals surface area contributed by atoms with E-state index >= 15 is 4.39 Å². The summed E-state index contributed by atoms with van der Waals surface area (Å²) in [4.78, 5) is 12.3. The highest BCUT2D eigenvalue weighted by Crippen LogP contribution is 2.38. The number of halogens is 1. The Morgan fingerprint density at radius 3 is 2.26 bits per heavy atom. The van der Waals surface area contributed by atoms with Crippen molar-refractivity contribution in [3.63, 3.8) is 0 Å². The van der Waals surface area contributed by atoms with E-state index in [1.54, 1.807) is 23.7 Å². The molecular formula is C29H36FN3S. The molecule has 3 aromatic rings. The van der Waals surface area contributed by atoms with E-state index in [0.29, 0.717) is 30.5 Å². The highest BCUT2D eigenvalue weighted by molar-refractivity contribution is 7.15. The van der Waals surface area contributed by atoms with Crippen molar-refractivity contribution in [3.05, 3.63) is 69.7 Å². The molecule has 5 heteroatoms. The Bertz CT molecular complexity index is 1130. The number of pyridine rings is 1. The normalized spacial score (nSPS) is 11.1. The zero-order valence-electron chi connectivity index (χ0n) is 21.4. The molecule has 0 amide bonds. The average Bonchev–Trinajstić information content (AvgIpc) is 3.23. The molecule has 0 aliphatic rings. The van der Waals surface area contributed by atoms with Crippen LogP contribution in [0.2, 0.25) is 0 Å². The molecule has 0 aliphatic heterocycles.